The molecule has 687 valence electrons. The Balaban J connectivity index is 0.000000220. The first-order chi connectivity index (χ1) is 59.9. The van der Waals surface area contributed by atoms with Crippen molar-refractivity contribution in [2.45, 2.75) is 224 Å². The monoisotopic (exact) mass is 2270 g/mol. The largest absolute Gasteiger partial charge is 0.512 e. The molecule has 0 spiro atoms. The van der Waals surface area contributed by atoms with Crippen molar-refractivity contribution in [2.75, 3.05) is 0 Å². The molecular weight excluding hydrogens is 2140 g/mol. The van der Waals surface area contributed by atoms with Crippen molar-refractivity contribution in [1.82, 2.24) is 29.9 Å². The fourth-order valence-corrected chi connectivity index (χ4v) is 15.5. The molecule has 9 aromatic heterocycles. The van der Waals surface area contributed by atoms with Crippen molar-refractivity contribution in [2.24, 2.45) is 53.3 Å². The van der Waals surface area contributed by atoms with Gasteiger partial charge in [0, 0.05) is 167 Å². The third-order valence-corrected chi connectivity index (χ3v) is 22.1. The molecule has 0 saturated heterocycles. The van der Waals surface area contributed by atoms with E-state index in [1.165, 1.54) is 51.1 Å². The summed E-state index contributed by atoms with van der Waals surface area (Å²) in [5.41, 5.74) is 19.8. The van der Waals surface area contributed by atoms with Crippen molar-refractivity contribution in [1.29, 1.82) is 0 Å². The van der Waals surface area contributed by atoms with E-state index in [0.717, 1.165) is 178 Å². The van der Waals surface area contributed by atoms with E-state index >= 15 is 0 Å². The van der Waals surface area contributed by atoms with Gasteiger partial charge in [-0.2, -0.15) is 0 Å². The number of ketones is 3. The van der Waals surface area contributed by atoms with E-state index in [9.17, 15) is 29.7 Å². The Morgan fingerprint density at radius 3 is 0.953 bits per heavy atom. The summed E-state index contributed by atoms with van der Waals surface area (Å²) < 4.78 is 18.5. The molecule has 6 aromatic carbocycles. The first-order valence-electron chi connectivity index (χ1n) is 45.1. The summed E-state index contributed by atoms with van der Waals surface area (Å²) in [7, 11) is 0. The number of aryl methyl sites for hydroxylation is 6. The molecule has 0 aliphatic carbocycles. The Labute approximate surface area is 803 Å². The van der Waals surface area contributed by atoms with Crippen LogP contribution in [-0.2, 0) is 94.0 Å². The molecule has 0 atom stereocenters. The van der Waals surface area contributed by atoms with Crippen LogP contribution in [0.5, 0.6) is 0 Å². The van der Waals surface area contributed by atoms with Gasteiger partial charge >= 0.3 is 0 Å². The summed E-state index contributed by atoms with van der Waals surface area (Å²) in [6.45, 7) is 49.0. The zero-order valence-electron chi connectivity index (χ0n) is 79.6. The van der Waals surface area contributed by atoms with E-state index < -0.39 is 0 Å². The SMILES string of the molecule is CC(C)C(=O)C=C(O)C(C)C.CC(C)CC(=O)C=C(O)CC(C)C.CCC(CC)C(=O)C=C(O)C(CC)CC.Cc1[c-]c(-c2cc3cc(CC(C)C)ccc3cn2)c2oc3nc(C)ccc3c2c1.Cc1[c-]c(-c2cc3cc(CC(C)C)ccc3cn2)c2oc3nc(C)ccc3c2c1.Cc1[c-]c(-c2cc3cc(CC(C)C)ccc3cn2)c2oc3nc(C)ccc3c2c1.[Ir].[Ir].[Ir]. The Morgan fingerprint density at radius 1 is 0.349 bits per heavy atom. The average molecular weight is 2270 g/mol. The van der Waals surface area contributed by atoms with E-state index in [0.29, 0.717) is 59.6 Å². The predicted octanol–water partition coefficient (Wildman–Crippen LogP) is 29.7. The maximum Gasteiger partial charge on any atom is 0.216 e. The van der Waals surface area contributed by atoms with Crippen LogP contribution >= 0.6 is 0 Å². The van der Waals surface area contributed by atoms with Gasteiger partial charge in [0.05, 0.1) is 34.0 Å². The minimum Gasteiger partial charge on any atom is -0.512 e. The smallest absolute Gasteiger partial charge is 0.216 e. The van der Waals surface area contributed by atoms with Crippen LogP contribution in [0.15, 0.2) is 195 Å². The van der Waals surface area contributed by atoms with Crippen molar-refractivity contribution in [3.05, 3.63) is 250 Å². The number of carbonyl (C=O) groups is 3. The Bertz CT molecular complexity index is 5960. The van der Waals surface area contributed by atoms with Gasteiger partial charge in [-0.25, -0.2) is 15.0 Å². The van der Waals surface area contributed by atoms with Crippen LogP contribution in [0.1, 0.15) is 214 Å². The van der Waals surface area contributed by atoms with Gasteiger partial charge in [-0.3, -0.25) is 14.4 Å². The number of aliphatic hydroxyl groups excluding tert-OH is 3. The number of allylic oxidation sites excluding steroid dienone is 6. The third-order valence-electron chi connectivity index (χ3n) is 22.1. The number of carbonyl (C=O) groups excluding carboxylic acids is 3. The summed E-state index contributed by atoms with van der Waals surface area (Å²) >= 11 is 0. The summed E-state index contributed by atoms with van der Waals surface area (Å²) in [4.78, 5) is 61.8. The van der Waals surface area contributed by atoms with E-state index in [-0.39, 0.29) is 119 Å². The molecule has 0 aliphatic heterocycles. The fourth-order valence-electron chi connectivity index (χ4n) is 15.5. The van der Waals surface area contributed by atoms with Crippen molar-refractivity contribution < 1.29 is 103 Å². The number of pyridine rings is 6. The summed E-state index contributed by atoms with van der Waals surface area (Å²) in [6, 6.07) is 55.4. The molecule has 15 aromatic rings. The maximum absolute atomic E-state index is 11.7. The van der Waals surface area contributed by atoms with Crippen LogP contribution in [0.2, 0.25) is 0 Å². The molecule has 129 heavy (non-hydrogen) atoms. The molecule has 18 heteroatoms. The normalized spacial score (nSPS) is 11.8. The van der Waals surface area contributed by atoms with Gasteiger partial charge in [0.15, 0.2) is 17.3 Å². The number of benzene rings is 6. The molecule has 0 aliphatic rings. The Kier molecular flexibility index (Phi) is 40.1. The van der Waals surface area contributed by atoms with Gasteiger partial charge in [-0.1, -0.05) is 251 Å². The van der Waals surface area contributed by atoms with Crippen LogP contribution < -0.4 is 0 Å². The van der Waals surface area contributed by atoms with E-state index in [1.54, 1.807) is 0 Å². The molecule has 15 rings (SSSR count). The molecule has 3 N–H and O–H groups in total. The molecule has 15 nitrogen and oxygen atoms in total. The van der Waals surface area contributed by atoms with Gasteiger partial charge in [-0.15, -0.1) is 53.1 Å². The summed E-state index contributed by atoms with van der Waals surface area (Å²) in [5, 5.41) is 41.6. The van der Waals surface area contributed by atoms with Gasteiger partial charge in [0.2, 0.25) is 17.1 Å². The first kappa shape index (κ1) is 106. The standard InChI is InChI=1S/3C26H23N2O.C13H24O2.C11H20O2.C9H16O2.3Ir/c3*1-15(2)9-18-6-7-19-14-27-24(13-20(19)12-18)23-11-16(3)10-22-21-8-5-17(4)28-26(21)29-25(22)23;1-5-10(6-2)12(14)9-13(15)11(7-3)8-4;1-8(2)5-10(12)7-11(13)6-9(3)4;1-6(2)8(10)5-9(11)7(3)4;;;/h3*5-8,10,12-15H,9H2,1-4H3;9-11,14H,5-8H2,1-4H3;7-9,12H,5-6H2,1-4H3;5-7,10H,1-4H3;;;/q3*-1;;;;;;. The second-order valence-corrected chi connectivity index (χ2v) is 36.6. The second kappa shape index (κ2) is 48.7. The number of nitrogens with zero attached hydrogens (tertiary/aromatic N) is 6. The molecule has 0 unspecified atom stereocenters. The maximum atomic E-state index is 11.7. The van der Waals surface area contributed by atoms with Crippen LogP contribution in [0, 0.1) is 113 Å². The molecule has 0 saturated carbocycles. The van der Waals surface area contributed by atoms with Crippen molar-refractivity contribution in [3.63, 3.8) is 0 Å². The number of aliphatic hydroxyl groups is 3. The molecule has 0 fully saturated rings. The Morgan fingerprint density at radius 2 is 0.667 bits per heavy atom. The number of rotatable bonds is 24. The number of furan rings is 3. The van der Waals surface area contributed by atoms with Crippen LogP contribution in [0.3, 0.4) is 0 Å². The zero-order chi connectivity index (χ0) is 91.7. The van der Waals surface area contributed by atoms with Crippen molar-refractivity contribution >= 4 is 116 Å². The number of hydrogen-bond acceptors (Lipinski definition) is 15. The fraction of sp³-hybridized carbons (Fsp3) is 0.378. The van der Waals surface area contributed by atoms with Gasteiger partial charge in [-0.05, 0) is 198 Å². The molecule has 0 bridgehead atoms. The third kappa shape index (κ3) is 28.7. The van der Waals surface area contributed by atoms with E-state index in [2.05, 4.69) is 205 Å². The summed E-state index contributed by atoms with van der Waals surface area (Å²) in [6.07, 6.45) is 17.7. The van der Waals surface area contributed by atoms with Crippen LogP contribution in [0.4, 0.5) is 0 Å². The van der Waals surface area contributed by atoms with Crippen LogP contribution in [-0.4, -0.2) is 62.6 Å². The van der Waals surface area contributed by atoms with Crippen LogP contribution in [0.25, 0.3) is 132 Å². The minimum atomic E-state index is -0.0316. The summed E-state index contributed by atoms with van der Waals surface area (Å²) in [5.74, 6) is 3.58. The number of aromatic nitrogens is 6. The Hall–Kier alpha value is -10.0. The first-order valence-corrected chi connectivity index (χ1v) is 45.1. The average Bonchev–Trinajstić information content (AvgIpc) is 1.63. The number of fused-ring (bicyclic) bond motifs is 12. The zero-order valence-corrected chi connectivity index (χ0v) is 86.8. The van der Waals surface area contributed by atoms with Gasteiger partial charge in [0.1, 0.15) is 0 Å². The minimum absolute atomic E-state index is 0. The number of hydrogen-bond donors (Lipinski definition) is 3. The van der Waals surface area contributed by atoms with Gasteiger partial charge in [0.25, 0.3) is 0 Å². The molecule has 9 heterocycles. The topological polar surface area (TPSA) is 229 Å². The molecule has 0 amide bonds. The van der Waals surface area contributed by atoms with E-state index in [1.807, 2.05) is 141 Å². The molecule has 3 radical (unpaired) electrons. The molecular formula is C111H129Ir3N6O9-3. The predicted molar refractivity (Wildman–Crippen MR) is 521 cm³/mol. The second-order valence-electron chi connectivity index (χ2n) is 36.6. The van der Waals surface area contributed by atoms with E-state index in [4.69, 9.17) is 28.2 Å². The quantitative estimate of drug-likeness (QED) is 0.0290. The van der Waals surface area contributed by atoms with Crippen molar-refractivity contribution in [3.8, 4) is 33.8 Å². The van der Waals surface area contributed by atoms with Gasteiger partial charge < -0.3 is 43.5 Å².